The standard InChI is InChI=1S/C26H19ClF2N8O2/c27-16-4-6-18(36-11-31-34-35-36)22(24(16)29)13-7-14-2-5-19(37(14)21(39)9-13)26-30-10-17(32-26)15-3-1-12-8-20(38)33-25(12)23(15)28/h1,3-4,6,9-11,14,19H,2,5,7-8H2,(H,30,32)(H,33,38)/t14?,19-/m0/s1. The third kappa shape index (κ3) is 3.74. The lowest BCUT2D eigenvalue weighted by Gasteiger charge is -2.33. The zero-order chi connectivity index (χ0) is 26.8. The van der Waals surface area contributed by atoms with Crippen molar-refractivity contribution in [3.63, 3.8) is 0 Å². The normalized spacial score (nSPS) is 20.2. The molecule has 1 fully saturated rings. The maximum Gasteiger partial charge on any atom is 0.247 e. The van der Waals surface area contributed by atoms with Crippen LogP contribution in [0.2, 0.25) is 5.02 Å². The van der Waals surface area contributed by atoms with Gasteiger partial charge in [0.2, 0.25) is 11.8 Å². The number of H-pyrrole nitrogens is 1. The Morgan fingerprint density at radius 1 is 1.08 bits per heavy atom. The van der Waals surface area contributed by atoms with E-state index in [1.807, 2.05) is 0 Å². The fraction of sp³-hybridized carbons (Fsp3) is 0.231. The number of anilines is 1. The molecule has 2 aromatic carbocycles. The highest BCUT2D eigenvalue weighted by Crippen LogP contribution is 2.44. The van der Waals surface area contributed by atoms with Gasteiger partial charge in [0.25, 0.3) is 0 Å². The molecule has 5 heterocycles. The molecule has 39 heavy (non-hydrogen) atoms. The summed E-state index contributed by atoms with van der Waals surface area (Å²) in [6.07, 6.45) is 6.15. The minimum absolute atomic E-state index is 0.0663. The zero-order valence-electron chi connectivity index (χ0n) is 20.2. The van der Waals surface area contributed by atoms with Crippen molar-refractivity contribution in [1.29, 1.82) is 0 Å². The number of rotatable bonds is 4. The fourth-order valence-corrected chi connectivity index (χ4v) is 5.97. The number of carbonyl (C=O) groups excluding carboxylic acids is 2. The van der Waals surface area contributed by atoms with Crippen LogP contribution in [0.25, 0.3) is 22.5 Å². The second kappa shape index (κ2) is 8.80. The van der Waals surface area contributed by atoms with Crippen LogP contribution < -0.4 is 5.32 Å². The molecule has 2 amide bonds. The number of aromatic amines is 1. The molecule has 0 aliphatic carbocycles. The van der Waals surface area contributed by atoms with E-state index in [-0.39, 0.29) is 52.2 Å². The summed E-state index contributed by atoms with van der Waals surface area (Å²) in [5.41, 5.74) is 2.60. The van der Waals surface area contributed by atoms with Crippen LogP contribution in [0.1, 0.15) is 42.3 Å². The van der Waals surface area contributed by atoms with Gasteiger partial charge in [-0.15, -0.1) is 5.10 Å². The number of nitrogens with one attached hydrogen (secondary N) is 2. The van der Waals surface area contributed by atoms with E-state index in [0.29, 0.717) is 47.6 Å². The monoisotopic (exact) mass is 548 g/mol. The Hall–Kier alpha value is -4.45. The lowest BCUT2D eigenvalue weighted by atomic mass is 9.92. The van der Waals surface area contributed by atoms with Crippen molar-refractivity contribution in [1.82, 2.24) is 35.1 Å². The molecule has 13 heteroatoms. The number of amides is 2. The molecule has 2 aromatic heterocycles. The summed E-state index contributed by atoms with van der Waals surface area (Å²) in [5, 5.41) is 13.6. The summed E-state index contributed by atoms with van der Waals surface area (Å²) in [7, 11) is 0. The maximum absolute atomic E-state index is 15.3. The van der Waals surface area contributed by atoms with Gasteiger partial charge in [-0.3, -0.25) is 9.59 Å². The average molecular weight is 549 g/mol. The number of hydrogen-bond acceptors (Lipinski definition) is 6. The number of aromatic nitrogens is 6. The average Bonchev–Trinajstić information content (AvgIpc) is 3.72. The van der Waals surface area contributed by atoms with E-state index in [9.17, 15) is 9.59 Å². The van der Waals surface area contributed by atoms with Crippen molar-refractivity contribution >= 4 is 34.7 Å². The Kier molecular flexibility index (Phi) is 5.34. The fourth-order valence-electron chi connectivity index (χ4n) is 5.81. The van der Waals surface area contributed by atoms with Crippen molar-refractivity contribution in [2.24, 2.45) is 0 Å². The molecule has 3 aliphatic heterocycles. The van der Waals surface area contributed by atoms with Crippen LogP contribution in [0.5, 0.6) is 0 Å². The van der Waals surface area contributed by atoms with E-state index < -0.39 is 11.6 Å². The largest absolute Gasteiger partial charge is 0.340 e. The molecule has 1 saturated heterocycles. The topological polar surface area (TPSA) is 122 Å². The number of fused-ring (bicyclic) bond motifs is 2. The number of carbonyl (C=O) groups is 2. The third-order valence-electron chi connectivity index (χ3n) is 7.54. The molecule has 4 aromatic rings. The highest BCUT2D eigenvalue weighted by atomic mass is 35.5. The van der Waals surface area contributed by atoms with E-state index >= 15 is 8.78 Å². The minimum Gasteiger partial charge on any atom is -0.340 e. The molecule has 0 spiro atoms. The van der Waals surface area contributed by atoms with Crippen molar-refractivity contribution in [2.75, 3.05) is 5.32 Å². The molecule has 196 valence electrons. The van der Waals surface area contributed by atoms with Crippen LogP contribution in [-0.2, 0) is 16.0 Å². The first-order valence-corrected chi connectivity index (χ1v) is 12.7. The van der Waals surface area contributed by atoms with E-state index in [0.717, 1.165) is 0 Å². The van der Waals surface area contributed by atoms with Crippen LogP contribution in [0, 0.1) is 11.6 Å². The molecular weight excluding hydrogens is 530 g/mol. The third-order valence-corrected chi connectivity index (χ3v) is 7.84. The summed E-state index contributed by atoms with van der Waals surface area (Å²) >= 11 is 6.10. The second-order valence-corrected chi connectivity index (χ2v) is 10.2. The van der Waals surface area contributed by atoms with Gasteiger partial charge in [-0.1, -0.05) is 17.7 Å². The summed E-state index contributed by atoms with van der Waals surface area (Å²) in [4.78, 5) is 34.5. The molecule has 0 saturated carbocycles. The van der Waals surface area contributed by atoms with Crippen molar-refractivity contribution in [3.05, 3.63) is 76.5 Å². The van der Waals surface area contributed by atoms with E-state index in [2.05, 4.69) is 30.8 Å². The Bertz CT molecular complexity index is 1700. The van der Waals surface area contributed by atoms with Gasteiger partial charge in [0.15, 0.2) is 11.6 Å². The summed E-state index contributed by atoms with van der Waals surface area (Å²) in [6, 6.07) is 5.83. The molecule has 0 radical (unpaired) electrons. The predicted molar refractivity (Wildman–Crippen MR) is 136 cm³/mol. The number of tetrazole rings is 1. The number of imidazole rings is 1. The molecule has 2 N–H and O–H groups in total. The Morgan fingerprint density at radius 2 is 1.95 bits per heavy atom. The first-order chi connectivity index (χ1) is 18.9. The highest BCUT2D eigenvalue weighted by molar-refractivity contribution is 6.31. The highest BCUT2D eigenvalue weighted by Gasteiger charge is 2.42. The van der Waals surface area contributed by atoms with Gasteiger partial charge < -0.3 is 15.2 Å². The van der Waals surface area contributed by atoms with E-state index in [4.69, 9.17) is 11.6 Å². The van der Waals surface area contributed by atoms with Gasteiger partial charge >= 0.3 is 0 Å². The summed E-state index contributed by atoms with van der Waals surface area (Å²) in [6.45, 7) is 0. The zero-order valence-corrected chi connectivity index (χ0v) is 20.9. The molecule has 10 nitrogen and oxygen atoms in total. The van der Waals surface area contributed by atoms with E-state index in [1.54, 1.807) is 23.1 Å². The molecule has 1 unspecified atom stereocenters. The minimum atomic E-state index is -0.644. The summed E-state index contributed by atoms with van der Waals surface area (Å²) in [5.74, 6) is -1.17. The Balaban J connectivity index is 1.20. The van der Waals surface area contributed by atoms with Crippen LogP contribution in [0.15, 0.2) is 42.9 Å². The van der Waals surface area contributed by atoms with E-state index in [1.165, 1.54) is 29.3 Å². The smallest absolute Gasteiger partial charge is 0.247 e. The second-order valence-electron chi connectivity index (χ2n) is 9.74. The van der Waals surface area contributed by atoms with Crippen LogP contribution in [0.3, 0.4) is 0 Å². The Morgan fingerprint density at radius 3 is 2.77 bits per heavy atom. The molecule has 7 rings (SSSR count). The predicted octanol–water partition coefficient (Wildman–Crippen LogP) is 4.00. The number of benzene rings is 2. The van der Waals surface area contributed by atoms with Crippen molar-refractivity contribution in [2.45, 2.75) is 37.8 Å². The van der Waals surface area contributed by atoms with Crippen molar-refractivity contribution < 1.29 is 18.4 Å². The lowest BCUT2D eigenvalue weighted by molar-refractivity contribution is -0.129. The Labute approximate surface area is 224 Å². The molecule has 2 atom stereocenters. The molecular formula is C26H19ClF2N8O2. The first kappa shape index (κ1) is 23.7. The lowest BCUT2D eigenvalue weighted by Crippen LogP contribution is -2.39. The molecule has 0 bridgehead atoms. The molecule has 3 aliphatic rings. The maximum atomic E-state index is 15.3. The van der Waals surface area contributed by atoms with Gasteiger partial charge in [-0.25, -0.2) is 13.8 Å². The van der Waals surface area contributed by atoms with Gasteiger partial charge in [0, 0.05) is 23.2 Å². The van der Waals surface area contributed by atoms with Gasteiger partial charge in [0.05, 0.1) is 40.8 Å². The summed E-state index contributed by atoms with van der Waals surface area (Å²) < 4.78 is 31.8. The van der Waals surface area contributed by atoms with Crippen molar-refractivity contribution in [3.8, 4) is 16.9 Å². The van der Waals surface area contributed by atoms with Crippen LogP contribution in [-0.4, -0.2) is 52.9 Å². The number of halogens is 3. The number of hydrogen-bond donors (Lipinski definition) is 2. The quantitative estimate of drug-likeness (QED) is 0.397. The van der Waals surface area contributed by atoms with Gasteiger partial charge in [-0.2, -0.15) is 4.68 Å². The number of nitrogens with zero attached hydrogens (tertiary/aromatic N) is 6. The van der Waals surface area contributed by atoms with Gasteiger partial charge in [0.1, 0.15) is 12.2 Å². The van der Waals surface area contributed by atoms with Crippen LogP contribution in [0.4, 0.5) is 14.5 Å². The first-order valence-electron chi connectivity index (χ1n) is 12.3. The van der Waals surface area contributed by atoms with Crippen LogP contribution >= 0.6 is 11.6 Å². The SMILES string of the molecule is O=C1Cc2ccc(-c3cnc([C@@H]4CCC5CC(c6c(-n7cnnn7)ccc(Cl)c6F)=CC(=O)N54)[nH]3)c(F)c2N1. The van der Waals surface area contributed by atoms with Gasteiger partial charge in [-0.05, 0) is 59.0 Å².